The number of amides is 2. The summed E-state index contributed by atoms with van der Waals surface area (Å²) in [5, 5.41) is 9.35. The molecule has 0 saturated carbocycles. The molecule has 1 aromatic carbocycles. The molecule has 0 bridgehead atoms. The molecule has 7 heteroatoms. The van der Waals surface area contributed by atoms with Crippen LogP contribution in [0, 0.1) is 13.8 Å². The van der Waals surface area contributed by atoms with Gasteiger partial charge in [0.05, 0.1) is 6.54 Å². The van der Waals surface area contributed by atoms with Crippen LogP contribution >= 0.6 is 0 Å². The lowest BCUT2D eigenvalue weighted by atomic mass is 10.2. The molecular formula is C16H16N4O3. The quantitative estimate of drug-likeness (QED) is 0.771. The van der Waals surface area contributed by atoms with Crippen LogP contribution in [-0.4, -0.2) is 16.2 Å². The molecule has 23 heavy (non-hydrogen) atoms. The number of nitrogens with one attached hydrogen (secondary N) is 2. The molecule has 0 radical (unpaired) electrons. The Morgan fingerprint density at radius 1 is 1.22 bits per heavy atom. The molecule has 2 amide bonds. The number of anilines is 1. The van der Waals surface area contributed by atoms with E-state index in [0.717, 1.165) is 11.3 Å². The zero-order chi connectivity index (χ0) is 16.2. The van der Waals surface area contributed by atoms with E-state index < -0.39 is 0 Å². The second-order valence-electron chi connectivity index (χ2n) is 5.04. The fraction of sp³-hybridized carbons (Fsp3) is 0.188. The summed E-state index contributed by atoms with van der Waals surface area (Å²) in [5.41, 5.74) is 1.40. The van der Waals surface area contributed by atoms with E-state index in [4.69, 9.17) is 8.94 Å². The molecule has 2 heterocycles. The third kappa shape index (κ3) is 3.76. The van der Waals surface area contributed by atoms with Crippen molar-refractivity contribution < 1.29 is 13.7 Å². The second-order valence-corrected chi connectivity index (χ2v) is 5.04. The summed E-state index contributed by atoms with van der Waals surface area (Å²) in [6.07, 6.45) is 0. The van der Waals surface area contributed by atoms with Crippen LogP contribution in [0.2, 0.25) is 0 Å². The molecule has 0 saturated heterocycles. The molecule has 0 aliphatic rings. The number of carbonyl (C=O) groups excluding carboxylic acids is 1. The van der Waals surface area contributed by atoms with E-state index >= 15 is 0 Å². The molecule has 0 fully saturated rings. The molecule has 0 aliphatic heterocycles. The van der Waals surface area contributed by atoms with Gasteiger partial charge in [-0.3, -0.25) is 0 Å². The lowest BCUT2D eigenvalue weighted by molar-refractivity contribution is 0.250. The van der Waals surface area contributed by atoms with Gasteiger partial charge in [-0.15, -0.1) is 0 Å². The van der Waals surface area contributed by atoms with Gasteiger partial charge in [-0.1, -0.05) is 17.3 Å². The minimum atomic E-state index is -0.319. The summed E-state index contributed by atoms with van der Waals surface area (Å²) in [5.74, 6) is 2.49. The summed E-state index contributed by atoms with van der Waals surface area (Å²) in [4.78, 5) is 16.1. The number of aryl methyl sites for hydroxylation is 2. The summed E-state index contributed by atoms with van der Waals surface area (Å²) in [7, 11) is 0. The first kappa shape index (κ1) is 14.8. The molecular weight excluding hydrogens is 296 g/mol. The van der Waals surface area contributed by atoms with Gasteiger partial charge in [-0.25, -0.2) is 4.79 Å². The zero-order valence-electron chi connectivity index (χ0n) is 12.8. The van der Waals surface area contributed by atoms with Crippen LogP contribution in [0.15, 0.2) is 45.3 Å². The number of benzene rings is 1. The van der Waals surface area contributed by atoms with Gasteiger partial charge in [-0.05, 0) is 31.2 Å². The predicted octanol–water partition coefficient (Wildman–Crippen LogP) is 3.27. The molecule has 7 nitrogen and oxygen atoms in total. The van der Waals surface area contributed by atoms with Crippen LogP contribution in [0.1, 0.15) is 17.4 Å². The number of nitrogens with zero attached hydrogens (tertiary/aromatic N) is 2. The predicted molar refractivity (Wildman–Crippen MR) is 83.8 cm³/mol. The number of hydrogen-bond acceptors (Lipinski definition) is 5. The highest BCUT2D eigenvalue weighted by molar-refractivity contribution is 5.89. The van der Waals surface area contributed by atoms with Crippen molar-refractivity contribution in [2.24, 2.45) is 0 Å². The smallest absolute Gasteiger partial charge is 0.319 e. The van der Waals surface area contributed by atoms with Crippen molar-refractivity contribution in [2.75, 3.05) is 5.32 Å². The van der Waals surface area contributed by atoms with E-state index in [1.165, 1.54) is 0 Å². The first-order valence-electron chi connectivity index (χ1n) is 7.11. The maximum Gasteiger partial charge on any atom is 0.319 e. The topological polar surface area (TPSA) is 93.2 Å². The highest BCUT2D eigenvalue weighted by Crippen LogP contribution is 2.19. The minimum Gasteiger partial charge on any atom is -0.465 e. The molecule has 0 atom stereocenters. The third-order valence-electron chi connectivity index (χ3n) is 3.13. The molecule has 118 valence electrons. The fourth-order valence-corrected chi connectivity index (χ4v) is 2.08. The first-order valence-corrected chi connectivity index (χ1v) is 7.11. The van der Waals surface area contributed by atoms with Crippen molar-refractivity contribution in [1.29, 1.82) is 0 Å². The highest BCUT2D eigenvalue weighted by Gasteiger charge is 2.08. The monoisotopic (exact) mass is 312 g/mol. The van der Waals surface area contributed by atoms with E-state index in [1.54, 1.807) is 19.1 Å². The van der Waals surface area contributed by atoms with Crippen molar-refractivity contribution >= 4 is 11.7 Å². The Labute approximate surface area is 132 Å². The second kappa shape index (κ2) is 6.35. The minimum absolute atomic E-state index is 0.319. The van der Waals surface area contributed by atoms with Crippen LogP contribution in [0.5, 0.6) is 0 Å². The van der Waals surface area contributed by atoms with Gasteiger partial charge < -0.3 is 19.6 Å². The standard InChI is InChI=1S/C16H16N4O3/c1-10-6-7-14(22-10)9-17-16(21)19-13-5-3-4-12(8-13)15-18-11(2)23-20-15/h3-8H,9H2,1-2H3,(H2,17,19,21). The van der Waals surface area contributed by atoms with Crippen LogP contribution in [0.4, 0.5) is 10.5 Å². The lowest BCUT2D eigenvalue weighted by Gasteiger charge is -2.07. The number of aromatic nitrogens is 2. The van der Waals surface area contributed by atoms with Crippen molar-refractivity contribution in [3.63, 3.8) is 0 Å². The maximum atomic E-state index is 11.9. The van der Waals surface area contributed by atoms with Gasteiger partial charge >= 0.3 is 6.03 Å². The fourth-order valence-electron chi connectivity index (χ4n) is 2.08. The van der Waals surface area contributed by atoms with Gasteiger partial charge in [0.2, 0.25) is 11.7 Å². The summed E-state index contributed by atoms with van der Waals surface area (Å²) >= 11 is 0. The SMILES string of the molecule is Cc1ccc(CNC(=O)Nc2cccc(-c3noc(C)n3)c2)o1. The lowest BCUT2D eigenvalue weighted by Crippen LogP contribution is -2.27. The Kier molecular flexibility index (Phi) is 4.09. The van der Waals surface area contributed by atoms with E-state index in [2.05, 4.69) is 20.8 Å². The van der Waals surface area contributed by atoms with Crippen LogP contribution < -0.4 is 10.6 Å². The van der Waals surface area contributed by atoms with Crippen LogP contribution in [-0.2, 0) is 6.54 Å². The normalized spacial score (nSPS) is 10.5. The van der Waals surface area contributed by atoms with E-state index in [-0.39, 0.29) is 6.03 Å². The molecule has 0 unspecified atom stereocenters. The Morgan fingerprint density at radius 3 is 2.78 bits per heavy atom. The van der Waals surface area contributed by atoms with Crippen molar-refractivity contribution in [3.05, 3.63) is 53.8 Å². The van der Waals surface area contributed by atoms with E-state index in [0.29, 0.717) is 29.7 Å². The molecule has 2 aromatic heterocycles. The Morgan fingerprint density at radius 2 is 2.09 bits per heavy atom. The van der Waals surface area contributed by atoms with Crippen LogP contribution in [0.25, 0.3) is 11.4 Å². The number of hydrogen-bond donors (Lipinski definition) is 2. The number of furan rings is 1. The van der Waals surface area contributed by atoms with E-state index in [9.17, 15) is 4.79 Å². The molecule has 2 N–H and O–H groups in total. The molecule has 0 aliphatic carbocycles. The van der Waals surface area contributed by atoms with Crippen molar-refractivity contribution in [2.45, 2.75) is 20.4 Å². The Hall–Kier alpha value is -3.09. The van der Waals surface area contributed by atoms with Gasteiger partial charge in [0, 0.05) is 18.2 Å². The van der Waals surface area contributed by atoms with Crippen molar-refractivity contribution in [1.82, 2.24) is 15.5 Å². The highest BCUT2D eigenvalue weighted by atomic mass is 16.5. The molecule has 3 aromatic rings. The first-order chi connectivity index (χ1) is 11.1. The zero-order valence-corrected chi connectivity index (χ0v) is 12.8. The van der Waals surface area contributed by atoms with Gasteiger partial charge in [0.1, 0.15) is 11.5 Å². The third-order valence-corrected chi connectivity index (χ3v) is 3.13. The molecule has 3 rings (SSSR count). The number of carbonyl (C=O) groups is 1. The largest absolute Gasteiger partial charge is 0.465 e. The summed E-state index contributed by atoms with van der Waals surface area (Å²) in [6.45, 7) is 3.90. The van der Waals surface area contributed by atoms with Gasteiger partial charge in [0.15, 0.2) is 0 Å². The average molecular weight is 312 g/mol. The molecule has 0 spiro atoms. The van der Waals surface area contributed by atoms with E-state index in [1.807, 2.05) is 31.2 Å². The average Bonchev–Trinajstić information content (AvgIpc) is 3.14. The van der Waals surface area contributed by atoms with Gasteiger partial charge in [-0.2, -0.15) is 4.98 Å². The Bertz CT molecular complexity index is 822. The van der Waals surface area contributed by atoms with Crippen LogP contribution in [0.3, 0.4) is 0 Å². The van der Waals surface area contributed by atoms with Gasteiger partial charge in [0.25, 0.3) is 0 Å². The summed E-state index contributed by atoms with van der Waals surface area (Å²) < 4.78 is 10.4. The van der Waals surface area contributed by atoms with Crippen molar-refractivity contribution in [3.8, 4) is 11.4 Å². The maximum absolute atomic E-state index is 11.9. The number of rotatable bonds is 4. The summed E-state index contributed by atoms with van der Waals surface area (Å²) in [6, 6.07) is 10.6. The Balaban J connectivity index is 1.62. The number of urea groups is 1.